The second kappa shape index (κ2) is 6.53. The monoisotopic (exact) mass is 404 g/mol. The summed E-state index contributed by atoms with van der Waals surface area (Å²) in [5, 5.41) is 9.74. The maximum atomic E-state index is 13.9. The molecule has 0 saturated heterocycles. The number of carbonyl (C=O) groups is 2. The summed E-state index contributed by atoms with van der Waals surface area (Å²) in [6.07, 6.45) is 0.275. The van der Waals surface area contributed by atoms with Gasteiger partial charge in [0, 0.05) is 25.3 Å². The van der Waals surface area contributed by atoms with Crippen molar-refractivity contribution in [2.45, 2.75) is 18.9 Å². The molecule has 3 heterocycles. The molecular weight excluding hydrogens is 384 g/mol. The molecule has 0 saturated carbocycles. The van der Waals surface area contributed by atoms with Crippen molar-refractivity contribution in [3.05, 3.63) is 75.6 Å². The number of hydrogen-bond acceptors (Lipinski definition) is 5. The van der Waals surface area contributed by atoms with Crippen molar-refractivity contribution in [3.63, 3.8) is 0 Å². The number of amides is 2. The van der Waals surface area contributed by atoms with Crippen molar-refractivity contribution in [3.8, 4) is 0 Å². The maximum absolute atomic E-state index is 13.9. The van der Waals surface area contributed by atoms with Gasteiger partial charge in [0.2, 0.25) is 5.76 Å². The average Bonchev–Trinajstić information content (AvgIpc) is 3.16. The quantitative estimate of drug-likeness (QED) is 0.720. The molecule has 152 valence electrons. The predicted molar refractivity (Wildman–Crippen MR) is 110 cm³/mol. The maximum Gasteiger partial charge on any atom is 0.291 e. The van der Waals surface area contributed by atoms with Crippen LogP contribution >= 0.6 is 0 Å². The van der Waals surface area contributed by atoms with Gasteiger partial charge in [-0.3, -0.25) is 14.4 Å². The van der Waals surface area contributed by atoms with Crippen LogP contribution in [0.1, 0.15) is 35.0 Å². The number of benzene rings is 2. The molecule has 0 radical (unpaired) electrons. The highest BCUT2D eigenvalue weighted by Gasteiger charge is 2.64. The van der Waals surface area contributed by atoms with Gasteiger partial charge in [0.05, 0.1) is 16.6 Å². The highest BCUT2D eigenvalue weighted by atomic mass is 16.3. The topological polar surface area (TPSA) is 91.1 Å². The van der Waals surface area contributed by atoms with Crippen molar-refractivity contribution >= 4 is 28.5 Å². The standard InChI is InChI=1S/C23H20N2O5/c1-2-24-16-10-5-4-9-15(16)23(22(24)29)18-19(27)14-8-3-6-11-17(14)30-20(18)21(28)25(23)12-7-13-26/h3-6,8-11,26H,2,7,12-13H2,1H3. The summed E-state index contributed by atoms with van der Waals surface area (Å²) in [5.41, 5.74) is -0.333. The SMILES string of the molecule is CCN1C(=O)C2(c3ccccc31)c1c(oc3ccccc3c1=O)C(=O)N2CCCO. The number of aliphatic hydroxyl groups excluding tert-OH is 1. The smallest absolute Gasteiger partial charge is 0.291 e. The second-order valence-electron chi connectivity index (χ2n) is 7.44. The van der Waals surface area contributed by atoms with Crippen molar-refractivity contribution in [1.82, 2.24) is 4.90 Å². The van der Waals surface area contributed by atoms with Crippen LogP contribution in [0.5, 0.6) is 0 Å². The third-order valence-corrected chi connectivity index (χ3v) is 6.00. The van der Waals surface area contributed by atoms with E-state index in [2.05, 4.69) is 0 Å². The highest BCUT2D eigenvalue weighted by Crippen LogP contribution is 2.52. The zero-order valence-corrected chi connectivity index (χ0v) is 16.4. The van der Waals surface area contributed by atoms with E-state index >= 15 is 0 Å². The van der Waals surface area contributed by atoms with Crippen molar-refractivity contribution < 1.29 is 19.1 Å². The Morgan fingerprint density at radius 2 is 1.77 bits per heavy atom. The number of anilines is 1. The van der Waals surface area contributed by atoms with Crippen LogP contribution in [0.2, 0.25) is 0 Å². The summed E-state index contributed by atoms with van der Waals surface area (Å²) in [4.78, 5) is 44.0. The molecule has 5 rings (SSSR count). The number of hydrogen-bond donors (Lipinski definition) is 1. The van der Waals surface area contributed by atoms with Crippen LogP contribution in [0, 0.1) is 0 Å². The van der Waals surface area contributed by atoms with E-state index in [1.54, 1.807) is 41.3 Å². The third kappa shape index (κ3) is 2.10. The molecule has 1 aromatic heterocycles. The van der Waals surface area contributed by atoms with Crippen LogP contribution in [0.4, 0.5) is 5.69 Å². The van der Waals surface area contributed by atoms with E-state index in [9.17, 15) is 19.5 Å². The van der Waals surface area contributed by atoms with Gasteiger partial charge in [-0.1, -0.05) is 30.3 Å². The van der Waals surface area contributed by atoms with Crippen molar-refractivity contribution in [2.24, 2.45) is 0 Å². The summed E-state index contributed by atoms with van der Waals surface area (Å²) in [6.45, 7) is 2.22. The normalized spacial score (nSPS) is 19.8. The molecule has 0 aliphatic carbocycles. The fourth-order valence-corrected chi connectivity index (χ4v) is 4.78. The Kier molecular flexibility index (Phi) is 4.04. The molecule has 1 spiro atoms. The molecule has 1 atom stereocenters. The average molecular weight is 404 g/mol. The fourth-order valence-electron chi connectivity index (χ4n) is 4.78. The van der Waals surface area contributed by atoms with Gasteiger partial charge in [0.15, 0.2) is 11.0 Å². The minimum absolute atomic E-state index is 0.0672. The van der Waals surface area contributed by atoms with Gasteiger partial charge in [0.1, 0.15) is 5.58 Å². The van der Waals surface area contributed by atoms with E-state index in [-0.39, 0.29) is 42.2 Å². The summed E-state index contributed by atoms with van der Waals surface area (Å²) in [6, 6.07) is 13.9. The van der Waals surface area contributed by atoms with Gasteiger partial charge in [-0.2, -0.15) is 0 Å². The number of fused-ring (bicyclic) bond motifs is 5. The molecule has 1 unspecified atom stereocenters. The van der Waals surface area contributed by atoms with E-state index in [0.29, 0.717) is 28.8 Å². The Bertz CT molecular complexity index is 1260. The van der Waals surface area contributed by atoms with Crippen molar-refractivity contribution in [1.29, 1.82) is 0 Å². The minimum Gasteiger partial charge on any atom is -0.450 e. The number of carbonyl (C=O) groups excluding carboxylic acids is 2. The van der Waals surface area contributed by atoms with E-state index < -0.39 is 11.4 Å². The molecule has 2 aliphatic heterocycles. The summed E-state index contributed by atoms with van der Waals surface area (Å²) < 4.78 is 5.90. The number of likely N-dealkylation sites (N-methyl/N-ethyl adjacent to an activating group) is 1. The lowest BCUT2D eigenvalue weighted by Crippen LogP contribution is -2.53. The Labute approximate surface area is 172 Å². The first-order valence-corrected chi connectivity index (χ1v) is 9.98. The van der Waals surface area contributed by atoms with Gasteiger partial charge in [-0.05, 0) is 31.5 Å². The summed E-state index contributed by atoms with van der Waals surface area (Å²) >= 11 is 0. The molecule has 1 N–H and O–H groups in total. The number of para-hydroxylation sites is 2. The van der Waals surface area contributed by atoms with Gasteiger partial charge < -0.3 is 19.3 Å². The zero-order valence-electron chi connectivity index (χ0n) is 16.4. The van der Waals surface area contributed by atoms with Crippen LogP contribution in [-0.2, 0) is 10.3 Å². The molecule has 2 aliphatic rings. The Hall–Kier alpha value is -3.45. The predicted octanol–water partition coefficient (Wildman–Crippen LogP) is 2.24. The molecule has 3 aromatic rings. The van der Waals surface area contributed by atoms with E-state index in [0.717, 1.165) is 0 Å². The van der Waals surface area contributed by atoms with E-state index in [1.165, 1.54) is 4.90 Å². The van der Waals surface area contributed by atoms with Gasteiger partial charge >= 0.3 is 0 Å². The Morgan fingerprint density at radius 1 is 1.03 bits per heavy atom. The van der Waals surface area contributed by atoms with Gasteiger partial charge in [-0.15, -0.1) is 0 Å². The van der Waals surface area contributed by atoms with E-state index in [4.69, 9.17) is 4.42 Å². The van der Waals surface area contributed by atoms with Gasteiger partial charge in [0.25, 0.3) is 11.8 Å². The first-order valence-electron chi connectivity index (χ1n) is 9.98. The molecule has 7 heteroatoms. The molecule has 7 nitrogen and oxygen atoms in total. The molecule has 2 aromatic carbocycles. The van der Waals surface area contributed by atoms with Crippen LogP contribution in [0.25, 0.3) is 11.0 Å². The number of aliphatic hydroxyl groups is 1. The molecular formula is C23H20N2O5. The molecule has 30 heavy (non-hydrogen) atoms. The Balaban J connectivity index is 1.92. The Morgan fingerprint density at radius 3 is 2.53 bits per heavy atom. The molecule has 2 amide bonds. The summed E-state index contributed by atoms with van der Waals surface area (Å²) in [7, 11) is 0. The number of nitrogens with zero attached hydrogens (tertiary/aromatic N) is 2. The highest BCUT2D eigenvalue weighted by molar-refractivity contribution is 6.17. The van der Waals surface area contributed by atoms with Crippen LogP contribution < -0.4 is 10.3 Å². The first-order chi connectivity index (χ1) is 14.6. The molecule has 0 fully saturated rings. The largest absolute Gasteiger partial charge is 0.450 e. The van der Waals surface area contributed by atoms with E-state index in [1.807, 2.05) is 19.1 Å². The lowest BCUT2D eigenvalue weighted by atomic mass is 9.84. The van der Waals surface area contributed by atoms with Crippen LogP contribution in [0.15, 0.2) is 57.7 Å². The first kappa shape index (κ1) is 18.6. The third-order valence-electron chi connectivity index (χ3n) is 6.00. The minimum atomic E-state index is -1.58. The molecule has 0 bridgehead atoms. The zero-order chi connectivity index (χ0) is 21.0. The number of rotatable bonds is 4. The summed E-state index contributed by atoms with van der Waals surface area (Å²) in [5.74, 6) is -0.959. The lowest BCUT2D eigenvalue weighted by molar-refractivity contribution is -0.126. The van der Waals surface area contributed by atoms with Crippen LogP contribution in [0.3, 0.4) is 0 Å². The van der Waals surface area contributed by atoms with Gasteiger partial charge in [-0.25, -0.2) is 0 Å². The fraction of sp³-hybridized carbons (Fsp3) is 0.261. The second-order valence-corrected chi connectivity index (χ2v) is 7.44. The van der Waals surface area contributed by atoms with Crippen LogP contribution in [-0.4, -0.2) is 41.5 Å². The van der Waals surface area contributed by atoms with Crippen molar-refractivity contribution in [2.75, 3.05) is 24.6 Å². The lowest BCUT2D eigenvalue weighted by Gasteiger charge is -2.34.